The Morgan fingerprint density at radius 2 is 1.88 bits per heavy atom. The lowest BCUT2D eigenvalue weighted by atomic mass is 10.1. The summed E-state index contributed by atoms with van der Waals surface area (Å²) in [6, 6.07) is 0. The molecule has 0 aromatic heterocycles. The number of carboxylic acids is 1. The average Bonchev–Trinajstić information content (AvgIpc) is 2.25. The van der Waals surface area contributed by atoms with E-state index in [1.54, 1.807) is 6.08 Å². The zero-order chi connectivity index (χ0) is 12.2. The highest BCUT2D eigenvalue weighted by molar-refractivity contribution is 5.76. The Kier molecular flexibility index (Phi) is 13.5. The molecule has 5 heteroatoms. The third kappa shape index (κ3) is 14.6. The van der Waals surface area contributed by atoms with Crippen molar-refractivity contribution in [2.24, 2.45) is 0 Å². The molecule has 0 bridgehead atoms. The van der Waals surface area contributed by atoms with Crippen LogP contribution in [0.1, 0.15) is 51.9 Å². The van der Waals surface area contributed by atoms with Crippen LogP contribution < -0.4 is 6.15 Å². The minimum Gasteiger partial charge on any atom is -0.481 e. The second-order valence-corrected chi connectivity index (χ2v) is 3.60. The number of carbonyl (C=O) groups is 2. The highest BCUT2D eigenvalue weighted by atomic mass is 16.5. The molecule has 0 atom stereocenters. The van der Waals surface area contributed by atoms with Gasteiger partial charge in [0.05, 0.1) is 19.1 Å². The van der Waals surface area contributed by atoms with E-state index < -0.39 is 11.9 Å². The Hall–Kier alpha value is -1.36. The topological polar surface area (TPSA) is 98.6 Å². The molecule has 0 unspecified atom stereocenters. The summed E-state index contributed by atoms with van der Waals surface area (Å²) in [5, 5.41) is 8.33. The summed E-state index contributed by atoms with van der Waals surface area (Å²) in [4.78, 5) is 21.1. The predicted octanol–water partition coefficient (Wildman–Crippen LogP) is 3.04. The van der Waals surface area contributed by atoms with Crippen molar-refractivity contribution in [3.8, 4) is 0 Å². The van der Waals surface area contributed by atoms with E-state index in [4.69, 9.17) is 9.84 Å². The van der Waals surface area contributed by atoms with Gasteiger partial charge in [-0.05, 0) is 18.9 Å². The molecule has 4 N–H and O–H groups in total. The van der Waals surface area contributed by atoms with Crippen molar-refractivity contribution in [3.63, 3.8) is 0 Å². The summed E-state index contributed by atoms with van der Waals surface area (Å²) in [7, 11) is 0. The van der Waals surface area contributed by atoms with E-state index in [0.29, 0.717) is 0 Å². The van der Waals surface area contributed by atoms with Gasteiger partial charge >= 0.3 is 11.9 Å². The third-order valence-corrected chi connectivity index (χ3v) is 2.06. The van der Waals surface area contributed by atoms with E-state index in [0.717, 1.165) is 12.8 Å². The first kappa shape index (κ1) is 18.0. The van der Waals surface area contributed by atoms with Gasteiger partial charge in [-0.25, -0.2) is 0 Å². The zero-order valence-corrected chi connectivity index (χ0v) is 10.5. The van der Waals surface area contributed by atoms with Crippen molar-refractivity contribution < 1.29 is 19.4 Å². The number of hydrogen-bond donors (Lipinski definition) is 2. The van der Waals surface area contributed by atoms with Gasteiger partial charge in [-0.15, -0.1) is 0 Å². The monoisotopic (exact) mass is 245 g/mol. The molecule has 0 aliphatic rings. The van der Waals surface area contributed by atoms with E-state index in [1.165, 1.54) is 25.5 Å². The van der Waals surface area contributed by atoms with Crippen LogP contribution in [0.5, 0.6) is 0 Å². The van der Waals surface area contributed by atoms with Crippen LogP contribution in [0.3, 0.4) is 0 Å². The summed E-state index contributed by atoms with van der Waals surface area (Å²) in [6.07, 6.45) is 8.51. The largest absolute Gasteiger partial charge is 0.481 e. The molecule has 0 saturated heterocycles. The fourth-order valence-corrected chi connectivity index (χ4v) is 1.15. The van der Waals surface area contributed by atoms with Crippen molar-refractivity contribution in [1.82, 2.24) is 6.15 Å². The first-order valence-corrected chi connectivity index (χ1v) is 5.73. The number of rotatable bonds is 9. The van der Waals surface area contributed by atoms with Crippen LogP contribution >= 0.6 is 0 Å². The maximum Gasteiger partial charge on any atom is 0.311 e. The minimum atomic E-state index is -0.986. The van der Waals surface area contributed by atoms with Gasteiger partial charge in [0.2, 0.25) is 0 Å². The number of carboxylic acid groups (broad SMARTS) is 1. The van der Waals surface area contributed by atoms with Gasteiger partial charge in [0.25, 0.3) is 0 Å². The van der Waals surface area contributed by atoms with Crippen LogP contribution in [-0.2, 0) is 14.3 Å². The Labute approximate surface area is 102 Å². The molecule has 0 fully saturated rings. The number of unbranched alkanes of at least 4 members (excludes halogenated alkanes) is 4. The summed E-state index contributed by atoms with van der Waals surface area (Å²) in [5.74, 6) is -1.48. The van der Waals surface area contributed by atoms with Crippen molar-refractivity contribution in [1.29, 1.82) is 0 Å². The minimum absolute atomic E-state index is 0. The molecule has 0 amide bonds. The van der Waals surface area contributed by atoms with Gasteiger partial charge in [0.1, 0.15) is 0 Å². The Balaban J connectivity index is 0. The van der Waals surface area contributed by atoms with Crippen LogP contribution in [-0.4, -0.2) is 17.0 Å². The Morgan fingerprint density at radius 3 is 2.47 bits per heavy atom. The first-order valence-electron chi connectivity index (χ1n) is 5.73. The fraction of sp³-hybridized carbons (Fsp3) is 0.667. The molecule has 0 rings (SSSR count). The number of carbonyl (C=O) groups excluding carboxylic acids is 1. The third-order valence-electron chi connectivity index (χ3n) is 2.06. The molecule has 0 aliphatic heterocycles. The van der Waals surface area contributed by atoms with E-state index in [-0.39, 0.29) is 19.0 Å². The highest BCUT2D eigenvalue weighted by Crippen LogP contribution is 2.03. The van der Waals surface area contributed by atoms with E-state index in [9.17, 15) is 9.59 Å². The van der Waals surface area contributed by atoms with E-state index in [2.05, 4.69) is 6.92 Å². The fourth-order valence-electron chi connectivity index (χ4n) is 1.15. The lowest BCUT2D eigenvalue weighted by Crippen LogP contribution is -2.03. The highest BCUT2D eigenvalue weighted by Gasteiger charge is 2.04. The van der Waals surface area contributed by atoms with Crippen molar-refractivity contribution in [2.45, 2.75) is 51.9 Å². The summed E-state index contributed by atoms with van der Waals surface area (Å²) >= 11 is 0. The van der Waals surface area contributed by atoms with Crippen molar-refractivity contribution in [3.05, 3.63) is 12.3 Å². The number of allylic oxidation sites excluding steroid dienone is 1. The van der Waals surface area contributed by atoms with Gasteiger partial charge in [-0.3, -0.25) is 9.59 Å². The number of esters is 1. The van der Waals surface area contributed by atoms with E-state index in [1.807, 2.05) is 0 Å². The van der Waals surface area contributed by atoms with Gasteiger partial charge in [0.15, 0.2) is 0 Å². The maximum absolute atomic E-state index is 10.9. The van der Waals surface area contributed by atoms with Crippen molar-refractivity contribution >= 4 is 11.9 Å². The lowest BCUT2D eigenvalue weighted by molar-refractivity contribution is -0.144. The predicted molar refractivity (Wildman–Crippen MR) is 65.9 cm³/mol. The number of hydrogen-bond acceptors (Lipinski definition) is 4. The standard InChI is InChI=1S/C12H20O4.H3N/c1-2-3-4-5-6-7-10-16-12(15)9-8-11(13)14;/h7,10H,2-6,8-9H2,1H3,(H,13,14);1H3. The van der Waals surface area contributed by atoms with Gasteiger partial charge in [-0.1, -0.05) is 26.2 Å². The molecule has 0 saturated carbocycles. The maximum atomic E-state index is 10.9. The normalized spacial score (nSPS) is 9.94. The quantitative estimate of drug-likeness (QED) is 0.369. The van der Waals surface area contributed by atoms with E-state index >= 15 is 0 Å². The molecule has 0 spiro atoms. The van der Waals surface area contributed by atoms with Crippen LogP contribution in [0.2, 0.25) is 0 Å². The molecular formula is C12H23NO4. The molecule has 17 heavy (non-hydrogen) atoms. The van der Waals surface area contributed by atoms with Crippen LogP contribution in [0.4, 0.5) is 0 Å². The summed E-state index contributed by atoms with van der Waals surface area (Å²) < 4.78 is 4.72. The SMILES string of the molecule is CCCCCCC=COC(=O)CCC(=O)O.N. The van der Waals surface area contributed by atoms with Crippen LogP contribution in [0, 0.1) is 0 Å². The molecule has 0 aliphatic carbocycles. The molecule has 0 aromatic rings. The number of aliphatic carboxylic acids is 1. The van der Waals surface area contributed by atoms with Crippen molar-refractivity contribution in [2.75, 3.05) is 0 Å². The van der Waals surface area contributed by atoms with Gasteiger partial charge in [-0.2, -0.15) is 0 Å². The summed E-state index contributed by atoms with van der Waals surface area (Å²) in [6.45, 7) is 2.15. The second-order valence-electron chi connectivity index (χ2n) is 3.60. The van der Waals surface area contributed by atoms with Gasteiger partial charge in [0, 0.05) is 0 Å². The molecular weight excluding hydrogens is 222 g/mol. The smallest absolute Gasteiger partial charge is 0.311 e. The molecule has 100 valence electrons. The molecule has 0 heterocycles. The first-order chi connectivity index (χ1) is 7.66. The average molecular weight is 245 g/mol. The number of ether oxygens (including phenoxy) is 1. The molecule has 0 radical (unpaired) electrons. The second kappa shape index (κ2) is 12.7. The Morgan fingerprint density at radius 1 is 1.18 bits per heavy atom. The zero-order valence-electron chi connectivity index (χ0n) is 10.5. The van der Waals surface area contributed by atoms with Gasteiger partial charge < -0.3 is 16.0 Å². The molecule has 5 nitrogen and oxygen atoms in total. The van der Waals surface area contributed by atoms with Crippen LogP contribution in [0.15, 0.2) is 12.3 Å². The Bertz CT molecular complexity index is 239. The lowest BCUT2D eigenvalue weighted by Gasteiger charge is -1.97. The van der Waals surface area contributed by atoms with Crippen LogP contribution in [0.25, 0.3) is 0 Å². The molecule has 0 aromatic carbocycles. The summed E-state index contributed by atoms with van der Waals surface area (Å²) in [5.41, 5.74) is 0.